The summed E-state index contributed by atoms with van der Waals surface area (Å²) < 4.78 is 0. The van der Waals surface area contributed by atoms with E-state index in [-0.39, 0.29) is 0 Å². The quantitative estimate of drug-likeness (QED) is 0.873. The van der Waals surface area contributed by atoms with E-state index in [9.17, 15) is 0 Å². The van der Waals surface area contributed by atoms with Gasteiger partial charge in [-0.25, -0.2) is 4.98 Å². The fourth-order valence-corrected chi connectivity index (χ4v) is 3.27. The highest BCUT2D eigenvalue weighted by molar-refractivity contribution is 5.02. The fraction of sp³-hybridized carbons (Fsp3) is 0.857. The van der Waals surface area contributed by atoms with Crippen LogP contribution < -0.4 is 5.32 Å². The summed E-state index contributed by atoms with van der Waals surface area (Å²) in [5.41, 5.74) is 0. The highest BCUT2D eigenvalue weighted by Gasteiger charge is 2.24. The van der Waals surface area contributed by atoms with Crippen molar-refractivity contribution < 1.29 is 0 Å². The summed E-state index contributed by atoms with van der Waals surface area (Å²) in [5.74, 6) is 2.71. The van der Waals surface area contributed by atoms with Crippen molar-refractivity contribution in [3.63, 3.8) is 0 Å². The number of H-pyrrole nitrogens is 1. The third kappa shape index (κ3) is 2.98. The van der Waals surface area contributed by atoms with Crippen molar-refractivity contribution in [3.05, 3.63) is 11.6 Å². The predicted octanol–water partition coefficient (Wildman–Crippen LogP) is 1.82. The molecule has 1 aliphatic carbocycles. The minimum absolute atomic E-state index is 0.329. The largest absolute Gasteiger partial charge is 0.314 e. The number of nitrogens with zero attached hydrogens (tertiary/aromatic N) is 3. The van der Waals surface area contributed by atoms with Crippen LogP contribution in [0.1, 0.15) is 62.6 Å². The molecule has 2 aliphatic rings. The highest BCUT2D eigenvalue weighted by Crippen LogP contribution is 2.31. The lowest BCUT2D eigenvalue weighted by molar-refractivity contribution is 0.179. The lowest BCUT2D eigenvalue weighted by atomic mass is 9.89. The number of piperazine rings is 1. The van der Waals surface area contributed by atoms with Crippen molar-refractivity contribution in [2.75, 3.05) is 26.2 Å². The lowest BCUT2D eigenvalue weighted by Crippen LogP contribution is -2.44. The number of aromatic amines is 1. The molecule has 1 aromatic rings. The smallest absolute Gasteiger partial charge is 0.167 e. The van der Waals surface area contributed by atoms with Crippen LogP contribution in [0.4, 0.5) is 0 Å². The molecule has 5 heteroatoms. The molecule has 2 N–H and O–H groups in total. The van der Waals surface area contributed by atoms with Crippen LogP contribution in [0.25, 0.3) is 0 Å². The van der Waals surface area contributed by atoms with Crippen LogP contribution in [0.15, 0.2) is 0 Å². The molecule has 0 amide bonds. The molecule has 2 heterocycles. The molecule has 0 bridgehead atoms. The van der Waals surface area contributed by atoms with Gasteiger partial charge in [-0.05, 0) is 19.8 Å². The summed E-state index contributed by atoms with van der Waals surface area (Å²) in [7, 11) is 0. The number of nitrogens with one attached hydrogen (secondary N) is 2. The van der Waals surface area contributed by atoms with Gasteiger partial charge in [-0.2, -0.15) is 5.10 Å². The van der Waals surface area contributed by atoms with Crippen molar-refractivity contribution in [2.24, 2.45) is 0 Å². The number of hydrogen-bond acceptors (Lipinski definition) is 4. The molecule has 5 nitrogen and oxygen atoms in total. The molecule has 1 atom stereocenters. The second-order valence-electron chi connectivity index (χ2n) is 5.88. The van der Waals surface area contributed by atoms with Crippen LogP contribution in [-0.2, 0) is 0 Å². The normalized spacial score (nSPS) is 24.5. The van der Waals surface area contributed by atoms with Gasteiger partial charge >= 0.3 is 0 Å². The van der Waals surface area contributed by atoms with Crippen molar-refractivity contribution >= 4 is 0 Å². The number of rotatable bonds is 3. The third-order valence-electron chi connectivity index (χ3n) is 4.58. The van der Waals surface area contributed by atoms with Gasteiger partial charge in [-0.1, -0.05) is 19.3 Å². The zero-order valence-corrected chi connectivity index (χ0v) is 11.9. The Balaban J connectivity index is 1.65. The van der Waals surface area contributed by atoms with E-state index in [0.29, 0.717) is 12.0 Å². The molecular weight excluding hydrogens is 238 g/mol. The molecule has 1 aromatic heterocycles. The molecule has 3 rings (SSSR count). The van der Waals surface area contributed by atoms with Gasteiger partial charge in [0.15, 0.2) is 5.82 Å². The monoisotopic (exact) mass is 263 g/mol. The molecule has 1 unspecified atom stereocenters. The SMILES string of the molecule is CC(c1n[nH]c(C2CCCCC2)n1)N1CCNCC1. The Labute approximate surface area is 115 Å². The van der Waals surface area contributed by atoms with E-state index in [1.54, 1.807) is 0 Å². The van der Waals surface area contributed by atoms with E-state index in [0.717, 1.165) is 37.8 Å². The van der Waals surface area contributed by atoms with Crippen molar-refractivity contribution in [1.82, 2.24) is 25.4 Å². The van der Waals surface area contributed by atoms with Gasteiger partial charge in [0.05, 0.1) is 6.04 Å². The average Bonchev–Trinajstić information content (AvgIpc) is 2.98. The predicted molar refractivity (Wildman–Crippen MR) is 75.1 cm³/mol. The topological polar surface area (TPSA) is 56.8 Å². The molecule has 0 radical (unpaired) electrons. The van der Waals surface area contributed by atoms with Crippen molar-refractivity contribution in [3.8, 4) is 0 Å². The molecule has 106 valence electrons. The molecule has 19 heavy (non-hydrogen) atoms. The van der Waals surface area contributed by atoms with Gasteiger partial charge in [0.1, 0.15) is 5.82 Å². The standard InChI is InChI=1S/C14H25N5/c1-11(19-9-7-15-8-10-19)13-16-14(18-17-13)12-5-3-2-4-6-12/h11-12,15H,2-10H2,1H3,(H,16,17,18). The summed E-state index contributed by atoms with van der Waals surface area (Å²) >= 11 is 0. The van der Waals surface area contributed by atoms with Crippen LogP contribution in [0.3, 0.4) is 0 Å². The average molecular weight is 263 g/mol. The van der Waals surface area contributed by atoms with E-state index in [1.165, 1.54) is 32.1 Å². The van der Waals surface area contributed by atoms with Gasteiger partial charge < -0.3 is 5.32 Å². The van der Waals surface area contributed by atoms with E-state index in [2.05, 4.69) is 27.3 Å². The minimum atomic E-state index is 0.329. The zero-order chi connectivity index (χ0) is 13.1. The molecule has 0 spiro atoms. The van der Waals surface area contributed by atoms with Crippen LogP contribution in [0.2, 0.25) is 0 Å². The maximum atomic E-state index is 4.78. The van der Waals surface area contributed by atoms with Crippen molar-refractivity contribution in [2.45, 2.75) is 51.0 Å². The maximum Gasteiger partial charge on any atom is 0.167 e. The zero-order valence-electron chi connectivity index (χ0n) is 11.9. The van der Waals surface area contributed by atoms with Gasteiger partial charge in [-0.3, -0.25) is 10.00 Å². The lowest BCUT2D eigenvalue weighted by Gasteiger charge is -2.31. The molecule has 0 aromatic carbocycles. The van der Waals surface area contributed by atoms with E-state index >= 15 is 0 Å². The van der Waals surface area contributed by atoms with Gasteiger partial charge in [0, 0.05) is 32.1 Å². The minimum Gasteiger partial charge on any atom is -0.314 e. The van der Waals surface area contributed by atoms with E-state index in [1.807, 2.05) is 0 Å². The first-order chi connectivity index (χ1) is 9.34. The van der Waals surface area contributed by atoms with Crippen LogP contribution in [-0.4, -0.2) is 46.3 Å². The molecular formula is C14H25N5. The van der Waals surface area contributed by atoms with Crippen LogP contribution in [0, 0.1) is 0 Å². The Bertz CT molecular complexity index is 390. The first-order valence-corrected chi connectivity index (χ1v) is 7.71. The van der Waals surface area contributed by atoms with Gasteiger partial charge in [0.2, 0.25) is 0 Å². The first kappa shape index (κ1) is 13.1. The second kappa shape index (κ2) is 6.01. The van der Waals surface area contributed by atoms with E-state index < -0.39 is 0 Å². The van der Waals surface area contributed by atoms with Crippen LogP contribution >= 0.6 is 0 Å². The van der Waals surface area contributed by atoms with E-state index in [4.69, 9.17) is 4.98 Å². The fourth-order valence-electron chi connectivity index (χ4n) is 3.27. The molecule has 1 saturated carbocycles. The Morgan fingerprint density at radius 3 is 2.63 bits per heavy atom. The summed E-state index contributed by atoms with van der Waals surface area (Å²) in [4.78, 5) is 7.24. The summed E-state index contributed by atoms with van der Waals surface area (Å²) in [6, 6.07) is 0.329. The highest BCUT2D eigenvalue weighted by atomic mass is 15.3. The Morgan fingerprint density at radius 2 is 1.89 bits per heavy atom. The van der Waals surface area contributed by atoms with Gasteiger partial charge in [0.25, 0.3) is 0 Å². The number of aromatic nitrogens is 3. The Kier molecular flexibility index (Phi) is 4.13. The second-order valence-corrected chi connectivity index (χ2v) is 5.88. The maximum absolute atomic E-state index is 4.78. The van der Waals surface area contributed by atoms with Crippen LogP contribution in [0.5, 0.6) is 0 Å². The number of hydrogen-bond donors (Lipinski definition) is 2. The Morgan fingerprint density at radius 1 is 1.16 bits per heavy atom. The molecule has 2 fully saturated rings. The first-order valence-electron chi connectivity index (χ1n) is 7.71. The summed E-state index contributed by atoms with van der Waals surface area (Å²) in [6.45, 7) is 6.55. The van der Waals surface area contributed by atoms with Gasteiger partial charge in [-0.15, -0.1) is 0 Å². The summed E-state index contributed by atoms with van der Waals surface area (Å²) in [6.07, 6.45) is 6.62. The molecule has 1 aliphatic heterocycles. The third-order valence-corrected chi connectivity index (χ3v) is 4.58. The molecule has 1 saturated heterocycles. The Hall–Kier alpha value is -0.940. The van der Waals surface area contributed by atoms with Crippen molar-refractivity contribution in [1.29, 1.82) is 0 Å². The summed E-state index contributed by atoms with van der Waals surface area (Å²) in [5, 5.41) is 11.0.